The maximum atomic E-state index is 13.3. The molecule has 0 saturated carbocycles. The number of nitrogens with one attached hydrogen (secondary N) is 2. The van der Waals surface area contributed by atoms with Crippen LogP contribution in [-0.4, -0.2) is 34.7 Å². The first-order valence-corrected chi connectivity index (χ1v) is 12.4. The molecule has 0 fully saturated rings. The van der Waals surface area contributed by atoms with E-state index in [1.807, 2.05) is 80.6 Å². The van der Waals surface area contributed by atoms with Gasteiger partial charge in [-0.2, -0.15) is 5.10 Å². The number of methoxy groups -OCH3 is 1. The van der Waals surface area contributed by atoms with E-state index in [1.165, 1.54) is 0 Å². The Balaban J connectivity index is 1.54. The summed E-state index contributed by atoms with van der Waals surface area (Å²) in [6, 6.07) is 24.9. The highest BCUT2D eigenvalue weighted by atomic mass is 16.5. The van der Waals surface area contributed by atoms with Gasteiger partial charge >= 0.3 is 0 Å². The molecule has 4 aromatic rings. The van der Waals surface area contributed by atoms with Crippen molar-refractivity contribution in [3.05, 3.63) is 107 Å². The third kappa shape index (κ3) is 6.64. The number of hydrogen-bond donors (Lipinski definition) is 2. The van der Waals surface area contributed by atoms with Crippen LogP contribution in [0.2, 0.25) is 0 Å². The number of benzene rings is 3. The highest BCUT2D eigenvalue weighted by Crippen LogP contribution is 2.25. The molecule has 2 N–H and O–H groups in total. The number of amides is 2. The predicted octanol–water partition coefficient (Wildman–Crippen LogP) is 5.07. The zero-order valence-electron chi connectivity index (χ0n) is 21.4. The first-order chi connectivity index (χ1) is 18.0. The summed E-state index contributed by atoms with van der Waals surface area (Å²) in [5, 5.41) is 10.7. The van der Waals surface area contributed by atoms with Crippen molar-refractivity contribution in [2.24, 2.45) is 0 Å². The van der Waals surface area contributed by atoms with Crippen molar-refractivity contribution >= 4 is 11.8 Å². The van der Waals surface area contributed by atoms with Gasteiger partial charge in [0, 0.05) is 29.9 Å². The van der Waals surface area contributed by atoms with E-state index >= 15 is 0 Å². The fourth-order valence-corrected chi connectivity index (χ4v) is 3.91. The molecule has 0 aliphatic carbocycles. The second-order valence-corrected chi connectivity index (χ2v) is 8.97. The van der Waals surface area contributed by atoms with Gasteiger partial charge in [0.25, 0.3) is 11.8 Å². The topological polar surface area (TPSA) is 85.3 Å². The van der Waals surface area contributed by atoms with E-state index in [1.54, 1.807) is 30.1 Å². The van der Waals surface area contributed by atoms with E-state index in [2.05, 4.69) is 10.6 Å². The van der Waals surface area contributed by atoms with Crippen LogP contribution in [-0.2, 0) is 13.1 Å². The summed E-state index contributed by atoms with van der Waals surface area (Å²) < 4.78 is 7.06. The van der Waals surface area contributed by atoms with Crippen LogP contribution < -0.4 is 15.4 Å². The zero-order chi connectivity index (χ0) is 26.2. The molecule has 3 aromatic carbocycles. The van der Waals surface area contributed by atoms with Crippen LogP contribution in [0.25, 0.3) is 11.3 Å². The van der Waals surface area contributed by atoms with E-state index in [4.69, 9.17) is 9.84 Å². The summed E-state index contributed by atoms with van der Waals surface area (Å²) >= 11 is 0. The van der Waals surface area contributed by atoms with E-state index in [0.717, 1.165) is 28.9 Å². The molecular formula is C30H32N4O3. The summed E-state index contributed by atoms with van der Waals surface area (Å²) in [5.74, 6) is 0.377. The number of hydrogen-bond acceptors (Lipinski definition) is 4. The Morgan fingerprint density at radius 3 is 2.38 bits per heavy atom. The number of nitrogens with zero attached hydrogens (tertiary/aromatic N) is 2. The van der Waals surface area contributed by atoms with Crippen molar-refractivity contribution in [1.82, 2.24) is 20.4 Å². The lowest BCUT2D eigenvalue weighted by atomic mass is 10.1. The lowest BCUT2D eigenvalue weighted by Gasteiger charge is -2.12. The molecule has 2 amide bonds. The van der Waals surface area contributed by atoms with Crippen LogP contribution in [0.15, 0.2) is 85.1 Å². The smallest absolute Gasteiger partial charge is 0.255 e. The highest BCUT2D eigenvalue weighted by molar-refractivity contribution is 6.00. The lowest BCUT2D eigenvalue weighted by Crippen LogP contribution is -2.32. The SMILES string of the molecule is CCC(C)NC(=O)c1cccc(CNC(=O)c2cn(Cc3ccccc3)nc2-c2ccc(OC)cc2)c1. The third-order valence-electron chi connectivity index (χ3n) is 6.19. The molecule has 1 aromatic heterocycles. The van der Waals surface area contributed by atoms with E-state index in [9.17, 15) is 9.59 Å². The van der Waals surface area contributed by atoms with Gasteiger partial charge in [0.05, 0.1) is 19.2 Å². The van der Waals surface area contributed by atoms with Crippen LogP contribution in [0.4, 0.5) is 0 Å². The van der Waals surface area contributed by atoms with E-state index in [0.29, 0.717) is 23.4 Å². The molecule has 1 heterocycles. The summed E-state index contributed by atoms with van der Waals surface area (Å²) in [6.45, 7) is 4.83. The Labute approximate surface area is 217 Å². The van der Waals surface area contributed by atoms with Crippen molar-refractivity contribution in [3.8, 4) is 17.0 Å². The number of aromatic nitrogens is 2. The molecule has 1 atom stereocenters. The van der Waals surface area contributed by atoms with E-state index in [-0.39, 0.29) is 24.4 Å². The molecule has 1 unspecified atom stereocenters. The quantitative estimate of drug-likeness (QED) is 0.321. The molecule has 37 heavy (non-hydrogen) atoms. The second-order valence-electron chi connectivity index (χ2n) is 8.97. The minimum absolute atomic E-state index is 0.0969. The van der Waals surface area contributed by atoms with Gasteiger partial charge in [0.15, 0.2) is 0 Å². The molecule has 0 bridgehead atoms. The van der Waals surface area contributed by atoms with Gasteiger partial charge in [-0.25, -0.2) is 0 Å². The van der Waals surface area contributed by atoms with Gasteiger partial charge in [0.1, 0.15) is 11.4 Å². The first-order valence-electron chi connectivity index (χ1n) is 12.4. The minimum atomic E-state index is -0.236. The summed E-state index contributed by atoms with van der Waals surface area (Å²) in [7, 11) is 1.62. The van der Waals surface area contributed by atoms with Crippen molar-refractivity contribution < 1.29 is 14.3 Å². The maximum Gasteiger partial charge on any atom is 0.255 e. The fraction of sp³-hybridized carbons (Fsp3) is 0.233. The largest absolute Gasteiger partial charge is 0.497 e. The predicted molar refractivity (Wildman–Crippen MR) is 145 cm³/mol. The number of carbonyl (C=O) groups is 2. The van der Waals surface area contributed by atoms with Crippen LogP contribution in [0, 0.1) is 0 Å². The van der Waals surface area contributed by atoms with Crippen LogP contribution >= 0.6 is 0 Å². The first kappa shape index (κ1) is 25.7. The van der Waals surface area contributed by atoms with Crippen LogP contribution in [0.5, 0.6) is 5.75 Å². The number of ether oxygens (including phenoxy) is 1. The molecule has 4 rings (SSSR count). The third-order valence-corrected chi connectivity index (χ3v) is 6.19. The van der Waals surface area contributed by atoms with Crippen LogP contribution in [0.3, 0.4) is 0 Å². The van der Waals surface area contributed by atoms with Gasteiger partial charge in [-0.15, -0.1) is 0 Å². The molecule has 0 aliphatic heterocycles. The van der Waals surface area contributed by atoms with Crippen molar-refractivity contribution in [2.45, 2.75) is 39.4 Å². The van der Waals surface area contributed by atoms with Gasteiger partial charge in [-0.05, 0) is 60.9 Å². The Morgan fingerprint density at radius 2 is 1.68 bits per heavy atom. The second kappa shape index (κ2) is 12.0. The lowest BCUT2D eigenvalue weighted by molar-refractivity contribution is 0.0936. The Morgan fingerprint density at radius 1 is 0.946 bits per heavy atom. The molecule has 0 saturated heterocycles. The molecule has 7 nitrogen and oxygen atoms in total. The molecular weight excluding hydrogens is 464 g/mol. The van der Waals surface area contributed by atoms with Crippen molar-refractivity contribution in [3.63, 3.8) is 0 Å². The van der Waals surface area contributed by atoms with Gasteiger partial charge in [-0.1, -0.05) is 49.4 Å². The molecule has 0 aliphatic rings. The highest BCUT2D eigenvalue weighted by Gasteiger charge is 2.19. The fourth-order valence-electron chi connectivity index (χ4n) is 3.91. The minimum Gasteiger partial charge on any atom is -0.497 e. The van der Waals surface area contributed by atoms with Crippen LogP contribution in [0.1, 0.15) is 52.1 Å². The normalized spacial score (nSPS) is 11.5. The summed E-state index contributed by atoms with van der Waals surface area (Å²) in [6.07, 6.45) is 2.63. The Kier molecular flexibility index (Phi) is 8.36. The maximum absolute atomic E-state index is 13.3. The average Bonchev–Trinajstić information content (AvgIpc) is 3.36. The average molecular weight is 497 g/mol. The van der Waals surface area contributed by atoms with Gasteiger partial charge in [-0.3, -0.25) is 14.3 Å². The van der Waals surface area contributed by atoms with Gasteiger partial charge in [0.2, 0.25) is 0 Å². The summed E-state index contributed by atoms with van der Waals surface area (Å²) in [5.41, 5.74) is 4.39. The number of rotatable bonds is 10. The van der Waals surface area contributed by atoms with Crippen molar-refractivity contribution in [1.29, 1.82) is 0 Å². The van der Waals surface area contributed by atoms with E-state index < -0.39 is 0 Å². The monoisotopic (exact) mass is 496 g/mol. The molecule has 7 heteroatoms. The Bertz CT molecular complexity index is 1350. The Hall–Kier alpha value is -4.39. The molecule has 0 radical (unpaired) electrons. The van der Waals surface area contributed by atoms with Gasteiger partial charge < -0.3 is 15.4 Å². The molecule has 190 valence electrons. The zero-order valence-corrected chi connectivity index (χ0v) is 21.4. The molecule has 0 spiro atoms. The summed E-state index contributed by atoms with van der Waals surface area (Å²) in [4.78, 5) is 25.8. The standard InChI is InChI=1S/C30H32N4O3/c1-4-21(2)32-29(35)25-12-8-11-23(17-25)18-31-30(36)27-20-34(19-22-9-6-5-7-10-22)33-28(27)24-13-15-26(37-3)16-14-24/h5-17,20-21H,4,18-19H2,1-3H3,(H,31,36)(H,32,35). The number of carbonyl (C=O) groups excluding carboxylic acids is 2. The van der Waals surface area contributed by atoms with Crippen molar-refractivity contribution in [2.75, 3.05) is 7.11 Å².